The number of fused-ring (bicyclic) bond motifs is 3. The van der Waals surface area contributed by atoms with Gasteiger partial charge >= 0.3 is 5.97 Å². The summed E-state index contributed by atoms with van der Waals surface area (Å²) < 4.78 is 33.7. The van der Waals surface area contributed by atoms with Crippen molar-refractivity contribution >= 4 is 21.5 Å². The topological polar surface area (TPSA) is 85.2 Å². The number of rotatable bonds is 5. The molecule has 3 aromatic rings. The first-order valence-corrected chi connectivity index (χ1v) is 11.5. The fraction of sp³-hybridized carbons (Fsp3) is 0.208. The van der Waals surface area contributed by atoms with Crippen LogP contribution in [0.15, 0.2) is 100 Å². The molecule has 3 atom stereocenters. The summed E-state index contributed by atoms with van der Waals surface area (Å²) in [5.74, 6) is -1.36. The van der Waals surface area contributed by atoms with Crippen LogP contribution in [0.1, 0.15) is 24.0 Å². The Morgan fingerprint density at radius 3 is 2.23 bits per heavy atom. The van der Waals surface area contributed by atoms with E-state index in [1.54, 1.807) is 55.5 Å². The maximum absolute atomic E-state index is 14.1. The lowest BCUT2D eigenvalue weighted by Gasteiger charge is -2.21. The predicted octanol–water partition coefficient (Wildman–Crippen LogP) is 4.55. The molecule has 1 fully saturated rings. The molecular weight excluding hydrogens is 412 g/mol. The van der Waals surface area contributed by atoms with Crippen LogP contribution in [-0.4, -0.2) is 25.9 Å². The standard InChI is InChI=1S/C24H20N2O4S/c1-2-30-22(27)23(17-11-5-3-6-12-17)21-19-15-9-10-16-20(19)25-26-24(21,23)31(28,29)18-13-7-4-8-14-18/h3-16,21H,2H2,1H3/t21?,23-,24?/m1/s1. The average Bonchev–Trinajstić information content (AvgIpc) is 3.48. The highest BCUT2D eigenvalue weighted by molar-refractivity contribution is 7.93. The summed E-state index contributed by atoms with van der Waals surface area (Å²) in [5, 5.41) is 8.68. The Hall–Kier alpha value is -3.32. The summed E-state index contributed by atoms with van der Waals surface area (Å²) in [4.78, 5) is 11.9. The maximum Gasteiger partial charge on any atom is 0.321 e. The van der Waals surface area contributed by atoms with Crippen LogP contribution in [0, 0.1) is 0 Å². The van der Waals surface area contributed by atoms with Crippen LogP contribution in [0.5, 0.6) is 0 Å². The van der Waals surface area contributed by atoms with Gasteiger partial charge in [-0.3, -0.25) is 4.79 Å². The number of esters is 1. The molecule has 2 unspecified atom stereocenters. The van der Waals surface area contributed by atoms with Crippen LogP contribution in [0.3, 0.4) is 0 Å². The van der Waals surface area contributed by atoms with Gasteiger partial charge in [0.05, 0.1) is 23.1 Å². The van der Waals surface area contributed by atoms with Crippen molar-refractivity contribution in [2.75, 3.05) is 6.61 Å². The number of benzene rings is 3. The van der Waals surface area contributed by atoms with Gasteiger partial charge in [-0.25, -0.2) is 8.42 Å². The summed E-state index contributed by atoms with van der Waals surface area (Å²) in [6.45, 7) is 1.83. The van der Waals surface area contributed by atoms with E-state index in [0.29, 0.717) is 16.8 Å². The molecule has 1 heterocycles. The summed E-state index contributed by atoms with van der Waals surface area (Å²) in [5.41, 5.74) is 0.255. The van der Waals surface area contributed by atoms with Crippen LogP contribution in [0.25, 0.3) is 0 Å². The fourth-order valence-electron chi connectivity index (χ4n) is 4.87. The van der Waals surface area contributed by atoms with Crippen molar-refractivity contribution in [2.24, 2.45) is 10.2 Å². The van der Waals surface area contributed by atoms with E-state index >= 15 is 0 Å². The zero-order valence-corrected chi connectivity index (χ0v) is 17.6. The third kappa shape index (κ3) is 2.38. The number of sulfone groups is 1. The first-order valence-electron chi connectivity index (χ1n) is 10.1. The summed E-state index contributed by atoms with van der Waals surface area (Å²) in [6.07, 6.45) is 0. The Balaban J connectivity index is 1.86. The van der Waals surface area contributed by atoms with E-state index in [2.05, 4.69) is 10.2 Å². The Labute approximate surface area is 180 Å². The molecule has 0 aromatic heterocycles. The van der Waals surface area contributed by atoms with Crippen molar-refractivity contribution in [3.05, 3.63) is 96.1 Å². The third-order valence-corrected chi connectivity index (χ3v) is 8.50. The number of carbonyl (C=O) groups excluding carboxylic acids is 1. The van der Waals surface area contributed by atoms with Gasteiger partial charge in [0.25, 0.3) is 0 Å². The quantitative estimate of drug-likeness (QED) is 0.554. The minimum Gasteiger partial charge on any atom is -0.465 e. The van der Waals surface area contributed by atoms with E-state index in [1.807, 2.05) is 24.3 Å². The van der Waals surface area contributed by atoms with Crippen molar-refractivity contribution in [2.45, 2.75) is 28.0 Å². The molecule has 0 N–H and O–H groups in total. The summed E-state index contributed by atoms with van der Waals surface area (Å²) in [6, 6.07) is 24.2. The minimum absolute atomic E-state index is 0.0976. The van der Waals surface area contributed by atoms with Crippen LogP contribution >= 0.6 is 0 Å². The van der Waals surface area contributed by atoms with Crippen LogP contribution in [0.4, 0.5) is 5.69 Å². The Morgan fingerprint density at radius 1 is 0.935 bits per heavy atom. The molecule has 0 radical (unpaired) electrons. The molecule has 0 spiro atoms. The highest BCUT2D eigenvalue weighted by atomic mass is 32.2. The van der Waals surface area contributed by atoms with Crippen LogP contribution < -0.4 is 0 Å². The lowest BCUT2D eigenvalue weighted by atomic mass is 9.90. The van der Waals surface area contributed by atoms with E-state index < -0.39 is 32.0 Å². The fourth-order valence-corrected chi connectivity index (χ4v) is 7.19. The minimum atomic E-state index is -4.11. The smallest absolute Gasteiger partial charge is 0.321 e. The van der Waals surface area contributed by atoms with Crippen LogP contribution in [-0.2, 0) is 24.8 Å². The lowest BCUT2D eigenvalue weighted by Crippen LogP contribution is -2.38. The first-order chi connectivity index (χ1) is 15.0. The molecule has 3 aromatic carbocycles. The Bertz CT molecular complexity index is 1290. The molecule has 156 valence electrons. The number of hydrogen-bond donors (Lipinski definition) is 0. The van der Waals surface area contributed by atoms with E-state index in [0.717, 1.165) is 0 Å². The first kappa shape index (κ1) is 19.6. The molecule has 31 heavy (non-hydrogen) atoms. The van der Waals surface area contributed by atoms with Gasteiger partial charge in [-0.15, -0.1) is 0 Å². The normalized spacial score (nSPS) is 25.9. The SMILES string of the molecule is CCOC(=O)[C@@]1(c2ccccc2)C2c3ccccc3N=NC21S(=O)(=O)c1ccccc1. The number of carbonyl (C=O) groups is 1. The number of nitrogens with zero attached hydrogens (tertiary/aromatic N) is 2. The zero-order chi connectivity index (χ0) is 21.7. The second-order valence-corrected chi connectivity index (χ2v) is 9.70. The predicted molar refractivity (Wildman–Crippen MR) is 115 cm³/mol. The summed E-state index contributed by atoms with van der Waals surface area (Å²) >= 11 is 0. The Kier molecular flexibility index (Phi) is 4.34. The molecule has 5 rings (SSSR count). The van der Waals surface area contributed by atoms with Crippen molar-refractivity contribution in [1.29, 1.82) is 0 Å². The molecular formula is C24H20N2O4S. The monoisotopic (exact) mass is 432 g/mol. The lowest BCUT2D eigenvalue weighted by molar-refractivity contribution is -0.146. The van der Waals surface area contributed by atoms with Crippen molar-refractivity contribution in [3.8, 4) is 0 Å². The molecule has 6 nitrogen and oxygen atoms in total. The molecule has 1 saturated carbocycles. The van der Waals surface area contributed by atoms with Gasteiger partial charge in [0.15, 0.2) is 0 Å². The van der Waals surface area contributed by atoms with E-state index in [4.69, 9.17) is 4.74 Å². The highest BCUT2D eigenvalue weighted by Gasteiger charge is 2.91. The van der Waals surface area contributed by atoms with E-state index in [-0.39, 0.29) is 11.5 Å². The van der Waals surface area contributed by atoms with Gasteiger partial charge in [-0.2, -0.15) is 10.2 Å². The zero-order valence-electron chi connectivity index (χ0n) is 16.8. The van der Waals surface area contributed by atoms with Gasteiger partial charge in [0, 0.05) is 0 Å². The van der Waals surface area contributed by atoms with Gasteiger partial charge < -0.3 is 4.74 Å². The molecule has 0 amide bonds. The second kappa shape index (κ2) is 6.85. The van der Waals surface area contributed by atoms with E-state index in [9.17, 15) is 13.2 Å². The van der Waals surface area contributed by atoms with Crippen molar-refractivity contribution in [1.82, 2.24) is 0 Å². The Morgan fingerprint density at radius 2 is 1.55 bits per heavy atom. The number of azo groups is 1. The average molecular weight is 433 g/mol. The molecule has 1 aliphatic heterocycles. The van der Waals surface area contributed by atoms with Crippen LogP contribution in [0.2, 0.25) is 0 Å². The second-order valence-electron chi connectivity index (χ2n) is 7.60. The number of hydrogen-bond acceptors (Lipinski definition) is 6. The van der Waals surface area contributed by atoms with Crippen molar-refractivity contribution < 1.29 is 17.9 Å². The molecule has 0 bridgehead atoms. The largest absolute Gasteiger partial charge is 0.465 e. The van der Waals surface area contributed by atoms with Crippen molar-refractivity contribution in [3.63, 3.8) is 0 Å². The van der Waals surface area contributed by atoms with Gasteiger partial charge in [0.1, 0.15) is 5.41 Å². The van der Waals surface area contributed by atoms with Gasteiger partial charge in [0.2, 0.25) is 14.7 Å². The van der Waals surface area contributed by atoms with Gasteiger partial charge in [-0.1, -0.05) is 66.7 Å². The maximum atomic E-state index is 14.1. The van der Waals surface area contributed by atoms with Gasteiger partial charge in [-0.05, 0) is 36.2 Å². The molecule has 1 aliphatic carbocycles. The highest BCUT2D eigenvalue weighted by Crippen LogP contribution is 2.76. The number of ether oxygens (including phenoxy) is 1. The molecule has 0 saturated heterocycles. The molecule has 2 aliphatic rings. The molecule has 7 heteroatoms. The summed E-state index contributed by atoms with van der Waals surface area (Å²) in [7, 11) is -4.11. The third-order valence-electron chi connectivity index (χ3n) is 6.15. The van der Waals surface area contributed by atoms with E-state index in [1.165, 1.54) is 12.1 Å².